The number of fused-ring (bicyclic) bond motifs is 1. The van der Waals surface area contributed by atoms with Crippen molar-refractivity contribution in [3.05, 3.63) is 52.0 Å². The molecule has 29 heavy (non-hydrogen) atoms. The Labute approximate surface area is 167 Å². The number of aryl methyl sites for hydroxylation is 1. The van der Waals surface area contributed by atoms with E-state index in [1.54, 1.807) is 17.4 Å². The highest BCUT2D eigenvalue weighted by Gasteiger charge is 2.29. The van der Waals surface area contributed by atoms with E-state index in [4.69, 9.17) is 4.42 Å². The van der Waals surface area contributed by atoms with Gasteiger partial charge in [0.15, 0.2) is 0 Å². The summed E-state index contributed by atoms with van der Waals surface area (Å²) in [5.41, 5.74) is 0.349. The maximum absolute atomic E-state index is 13.0. The molecule has 0 spiro atoms. The summed E-state index contributed by atoms with van der Waals surface area (Å²) in [6, 6.07) is 3.78. The average molecular weight is 394 g/mol. The standard InChI is InChI=1S/C20H22N6O3/c1-13-11-15(14-3-2-4-14)29-19(28)17(13)18(27)25-9-7-24(8-10-25)16-5-6-21-20-23-22-12-26(16)20/h5-6,11-12,14H,2-4,7-10H2,1H3. The average Bonchev–Trinajstić information content (AvgIpc) is 3.15. The third-order valence-corrected chi connectivity index (χ3v) is 5.97. The van der Waals surface area contributed by atoms with Crippen molar-refractivity contribution >= 4 is 17.5 Å². The largest absolute Gasteiger partial charge is 0.427 e. The topological polar surface area (TPSA) is 96.8 Å². The predicted molar refractivity (Wildman–Crippen MR) is 105 cm³/mol. The minimum Gasteiger partial charge on any atom is -0.427 e. The van der Waals surface area contributed by atoms with Crippen LogP contribution in [0.25, 0.3) is 5.78 Å². The zero-order valence-electron chi connectivity index (χ0n) is 16.2. The van der Waals surface area contributed by atoms with Gasteiger partial charge in [0.05, 0.1) is 0 Å². The fourth-order valence-electron chi connectivity index (χ4n) is 4.07. The van der Waals surface area contributed by atoms with Crippen LogP contribution >= 0.6 is 0 Å². The highest BCUT2D eigenvalue weighted by molar-refractivity contribution is 5.95. The zero-order valence-corrected chi connectivity index (χ0v) is 16.2. The minimum atomic E-state index is -0.514. The van der Waals surface area contributed by atoms with Crippen molar-refractivity contribution in [2.45, 2.75) is 32.1 Å². The molecular weight excluding hydrogens is 372 g/mol. The molecule has 0 aromatic carbocycles. The molecule has 1 saturated carbocycles. The third kappa shape index (κ3) is 3.06. The number of amides is 1. The second-order valence-electron chi connectivity index (χ2n) is 7.71. The fraction of sp³-hybridized carbons (Fsp3) is 0.450. The van der Waals surface area contributed by atoms with Crippen LogP contribution in [0.1, 0.15) is 46.9 Å². The van der Waals surface area contributed by atoms with Crippen molar-refractivity contribution in [3.63, 3.8) is 0 Å². The van der Waals surface area contributed by atoms with E-state index >= 15 is 0 Å². The van der Waals surface area contributed by atoms with E-state index in [2.05, 4.69) is 20.1 Å². The lowest BCUT2D eigenvalue weighted by molar-refractivity contribution is 0.0740. The van der Waals surface area contributed by atoms with E-state index in [9.17, 15) is 9.59 Å². The van der Waals surface area contributed by atoms with Crippen molar-refractivity contribution in [1.82, 2.24) is 24.5 Å². The summed E-state index contributed by atoms with van der Waals surface area (Å²) >= 11 is 0. The summed E-state index contributed by atoms with van der Waals surface area (Å²) in [6.07, 6.45) is 6.60. The molecular formula is C20H22N6O3. The molecule has 1 saturated heterocycles. The number of anilines is 1. The third-order valence-electron chi connectivity index (χ3n) is 5.97. The number of carbonyl (C=O) groups is 1. The minimum absolute atomic E-state index is 0.159. The highest BCUT2D eigenvalue weighted by atomic mass is 16.4. The Bertz CT molecular complexity index is 1120. The summed E-state index contributed by atoms with van der Waals surface area (Å²) in [4.78, 5) is 33.6. The molecule has 2 fully saturated rings. The molecule has 1 aliphatic carbocycles. The molecule has 0 bridgehead atoms. The molecule has 0 N–H and O–H groups in total. The number of aromatic nitrogens is 4. The van der Waals surface area contributed by atoms with Gasteiger partial charge in [-0.25, -0.2) is 9.78 Å². The van der Waals surface area contributed by atoms with Gasteiger partial charge in [-0.3, -0.25) is 9.20 Å². The smallest absolute Gasteiger partial charge is 0.349 e. The lowest BCUT2D eigenvalue weighted by Crippen LogP contribution is -2.50. The second kappa shape index (κ2) is 6.98. The number of hydrogen-bond donors (Lipinski definition) is 0. The molecule has 1 aliphatic heterocycles. The lowest BCUT2D eigenvalue weighted by atomic mass is 9.83. The lowest BCUT2D eigenvalue weighted by Gasteiger charge is -2.36. The van der Waals surface area contributed by atoms with Gasteiger partial charge in [-0.1, -0.05) is 6.42 Å². The normalized spacial score (nSPS) is 17.6. The van der Waals surface area contributed by atoms with Crippen LogP contribution in [0, 0.1) is 6.92 Å². The fourth-order valence-corrected chi connectivity index (χ4v) is 4.07. The Morgan fingerprint density at radius 3 is 2.69 bits per heavy atom. The number of piperazine rings is 1. The van der Waals surface area contributed by atoms with E-state index in [-0.39, 0.29) is 11.5 Å². The monoisotopic (exact) mass is 394 g/mol. The van der Waals surface area contributed by atoms with Crippen LogP contribution in [-0.2, 0) is 0 Å². The highest BCUT2D eigenvalue weighted by Crippen LogP contribution is 2.36. The van der Waals surface area contributed by atoms with Crippen molar-refractivity contribution in [2.24, 2.45) is 0 Å². The first-order valence-electron chi connectivity index (χ1n) is 9.95. The van der Waals surface area contributed by atoms with Crippen molar-refractivity contribution in [2.75, 3.05) is 31.1 Å². The number of nitrogens with zero attached hydrogens (tertiary/aromatic N) is 6. The van der Waals surface area contributed by atoms with Gasteiger partial charge < -0.3 is 14.2 Å². The van der Waals surface area contributed by atoms with Crippen LogP contribution in [0.15, 0.2) is 33.9 Å². The maximum Gasteiger partial charge on any atom is 0.349 e. The molecule has 1 amide bonds. The molecule has 9 nitrogen and oxygen atoms in total. The quantitative estimate of drug-likeness (QED) is 0.666. The summed E-state index contributed by atoms with van der Waals surface area (Å²) in [7, 11) is 0. The van der Waals surface area contributed by atoms with Gasteiger partial charge in [0.1, 0.15) is 23.5 Å². The van der Waals surface area contributed by atoms with Crippen LogP contribution in [0.3, 0.4) is 0 Å². The van der Waals surface area contributed by atoms with Crippen molar-refractivity contribution < 1.29 is 9.21 Å². The van der Waals surface area contributed by atoms with Crippen LogP contribution < -0.4 is 10.5 Å². The molecule has 3 aromatic rings. The van der Waals surface area contributed by atoms with Crippen molar-refractivity contribution in [3.8, 4) is 0 Å². The maximum atomic E-state index is 13.0. The summed E-state index contributed by atoms with van der Waals surface area (Å²) in [5.74, 6) is 2.27. The number of hydrogen-bond acceptors (Lipinski definition) is 7. The molecule has 150 valence electrons. The van der Waals surface area contributed by atoms with Gasteiger partial charge in [-0.2, -0.15) is 0 Å². The second-order valence-corrected chi connectivity index (χ2v) is 7.71. The van der Waals surface area contributed by atoms with E-state index in [0.717, 1.165) is 30.8 Å². The SMILES string of the molecule is Cc1cc(C2CCC2)oc(=O)c1C(=O)N1CCN(c2ccnc3nncn23)CC1. The molecule has 5 rings (SSSR count). The predicted octanol–water partition coefficient (Wildman–Crippen LogP) is 1.62. The Kier molecular flexibility index (Phi) is 4.30. The Balaban J connectivity index is 1.33. The Hall–Kier alpha value is -3.23. The number of carbonyl (C=O) groups excluding carboxylic acids is 1. The molecule has 4 heterocycles. The van der Waals surface area contributed by atoms with Gasteiger partial charge >= 0.3 is 5.63 Å². The molecule has 2 aliphatic rings. The summed E-state index contributed by atoms with van der Waals surface area (Å²) in [6.45, 7) is 4.16. The van der Waals surface area contributed by atoms with Crippen LogP contribution in [0.2, 0.25) is 0 Å². The van der Waals surface area contributed by atoms with Crippen LogP contribution in [0.5, 0.6) is 0 Å². The first kappa shape index (κ1) is 17.8. The first-order chi connectivity index (χ1) is 14.1. The molecule has 9 heteroatoms. The van der Waals surface area contributed by atoms with Gasteiger partial charge in [-0.05, 0) is 37.5 Å². The van der Waals surface area contributed by atoms with Gasteiger partial charge in [-0.15, -0.1) is 10.2 Å². The summed E-state index contributed by atoms with van der Waals surface area (Å²) in [5, 5.41) is 7.87. The zero-order chi connectivity index (χ0) is 20.0. The Morgan fingerprint density at radius 2 is 2.00 bits per heavy atom. The van der Waals surface area contributed by atoms with Crippen molar-refractivity contribution in [1.29, 1.82) is 0 Å². The van der Waals surface area contributed by atoms with Crippen LogP contribution in [0.4, 0.5) is 5.82 Å². The van der Waals surface area contributed by atoms with E-state index in [1.165, 1.54) is 0 Å². The number of rotatable bonds is 3. The molecule has 0 unspecified atom stereocenters. The van der Waals surface area contributed by atoms with E-state index < -0.39 is 5.63 Å². The summed E-state index contributed by atoms with van der Waals surface area (Å²) < 4.78 is 7.33. The first-order valence-corrected chi connectivity index (χ1v) is 9.95. The Morgan fingerprint density at radius 1 is 1.21 bits per heavy atom. The van der Waals surface area contributed by atoms with Crippen LogP contribution in [-0.4, -0.2) is 56.6 Å². The molecule has 3 aromatic heterocycles. The van der Waals surface area contributed by atoms with E-state index in [1.807, 2.05) is 23.5 Å². The molecule has 0 radical (unpaired) electrons. The molecule has 0 atom stereocenters. The van der Waals surface area contributed by atoms with Gasteiger partial charge in [0.2, 0.25) is 0 Å². The van der Waals surface area contributed by atoms with Gasteiger partial charge in [0, 0.05) is 38.3 Å². The van der Waals surface area contributed by atoms with E-state index in [0.29, 0.717) is 43.4 Å². The van der Waals surface area contributed by atoms with Gasteiger partial charge in [0.25, 0.3) is 11.7 Å².